The van der Waals surface area contributed by atoms with Crippen molar-refractivity contribution in [2.75, 3.05) is 11.4 Å². The van der Waals surface area contributed by atoms with Gasteiger partial charge in [0.1, 0.15) is 11.9 Å². The maximum absolute atomic E-state index is 12.5. The number of benzene rings is 1. The monoisotopic (exact) mass is 420 g/mol. The van der Waals surface area contributed by atoms with Crippen molar-refractivity contribution in [2.45, 2.75) is 45.1 Å². The largest absolute Gasteiger partial charge is 0.412 e. The zero-order valence-corrected chi connectivity index (χ0v) is 17.2. The summed E-state index contributed by atoms with van der Waals surface area (Å²) in [4.78, 5) is 22.4. The number of aryl methyl sites for hydroxylation is 1. The van der Waals surface area contributed by atoms with Gasteiger partial charge in [0, 0.05) is 17.8 Å². The van der Waals surface area contributed by atoms with E-state index >= 15 is 0 Å². The Labute approximate surface area is 172 Å². The maximum atomic E-state index is 12.5. The van der Waals surface area contributed by atoms with Gasteiger partial charge in [-0.1, -0.05) is 38.5 Å². The number of hydrogen-bond acceptors (Lipinski definition) is 3. The molecule has 0 bridgehead atoms. The number of halogens is 2. The molecule has 0 radical (unpaired) electrons. The van der Waals surface area contributed by atoms with Gasteiger partial charge in [-0.2, -0.15) is 0 Å². The topological polar surface area (TPSA) is 138 Å². The molecule has 1 amide bonds. The van der Waals surface area contributed by atoms with E-state index in [-0.39, 0.29) is 60.2 Å². The summed E-state index contributed by atoms with van der Waals surface area (Å²) >= 11 is 0. The fraction of sp³-hybridized carbons (Fsp3) is 0.444. The molecule has 2 aromatic rings. The van der Waals surface area contributed by atoms with Crippen LogP contribution in [-0.4, -0.2) is 33.4 Å². The van der Waals surface area contributed by atoms with Crippen molar-refractivity contribution in [3.8, 4) is 0 Å². The van der Waals surface area contributed by atoms with E-state index in [2.05, 4.69) is 24.9 Å². The van der Waals surface area contributed by atoms with E-state index in [1.165, 1.54) is 5.56 Å². The molecule has 154 valence electrons. The summed E-state index contributed by atoms with van der Waals surface area (Å²) in [5, 5.41) is 0. The van der Waals surface area contributed by atoms with Gasteiger partial charge in [0.05, 0.1) is 12.2 Å². The Morgan fingerprint density at radius 2 is 1.89 bits per heavy atom. The van der Waals surface area contributed by atoms with Crippen molar-refractivity contribution in [3.63, 3.8) is 0 Å². The fourth-order valence-electron chi connectivity index (χ4n) is 3.58. The van der Waals surface area contributed by atoms with Crippen LogP contribution in [0.1, 0.15) is 55.7 Å². The maximum Gasteiger partial charge on any atom is 0.241 e. The molecule has 1 aliphatic heterocycles. The highest BCUT2D eigenvalue weighted by Gasteiger charge is 2.42. The lowest BCUT2D eigenvalue weighted by Gasteiger charge is -2.26. The molecular weight excluding hydrogens is 391 g/mol. The third-order valence-electron chi connectivity index (χ3n) is 4.58. The third kappa shape index (κ3) is 5.00. The lowest BCUT2D eigenvalue weighted by molar-refractivity contribution is -0.117. The Kier molecular flexibility index (Phi) is 12.2. The highest BCUT2D eigenvalue weighted by Crippen LogP contribution is 2.49. The number of H-pyrrole nitrogens is 1. The van der Waals surface area contributed by atoms with Gasteiger partial charge in [-0.3, -0.25) is 9.69 Å². The van der Waals surface area contributed by atoms with Crippen LogP contribution in [0, 0.1) is 0 Å². The van der Waals surface area contributed by atoms with Crippen LogP contribution in [-0.2, 0) is 11.2 Å². The van der Waals surface area contributed by atoms with Crippen molar-refractivity contribution in [3.05, 3.63) is 47.5 Å². The number of carbonyl (C=O) groups excluding carboxylic acids is 1. The summed E-state index contributed by atoms with van der Waals surface area (Å²) in [6, 6.07) is 8.01. The first kappa shape index (κ1) is 27.6. The van der Waals surface area contributed by atoms with Gasteiger partial charge in [0.15, 0.2) is 0 Å². The molecule has 7 nitrogen and oxygen atoms in total. The highest BCUT2D eigenvalue weighted by atomic mass is 35.5. The molecule has 2 atom stereocenters. The molecule has 27 heavy (non-hydrogen) atoms. The van der Waals surface area contributed by atoms with Crippen LogP contribution < -0.4 is 10.6 Å². The Balaban J connectivity index is 0. The number of nitrogens with zero attached hydrogens (tertiary/aromatic N) is 2. The second-order valence-electron chi connectivity index (χ2n) is 6.01. The zero-order valence-electron chi connectivity index (χ0n) is 15.6. The standard InChI is InChI=1S/C18H24N4O.2ClH.2H2O/c1-3-7-12-11-20-18(21-12)17-13(4-2)14-8-5-6-9-15(14)22(17)16(23)10-19;;;;/h5-6,8-9,11,13,17H,3-4,7,10,19H2,1-2H3,(H,20,21);2*1H;2*1H2. The molecule has 1 aromatic heterocycles. The minimum atomic E-state index is -0.0981. The van der Waals surface area contributed by atoms with Crippen LogP contribution >= 0.6 is 24.8 Å². The lowest BCUT2D eigenvalue weighted by Crippen LogP contribution is -2.38. The molecule has 1 aromatic carbocycles. The second kappa shape index (κ2) is 11.9. The molecule has 0 saturated carbocycles. The predicted molar refractivity (Wildman–Crippen MR) is 113 cm³/mol. The van der Waals surface area contributed by atoms with Gasteiger partial charge < -0.3 is 21.7 Å². The first-order valence-electron chi connectivity index (χ1n) is 8.36. The molecule has 0 saturated heterocycles. The first-order chi connectivity index (χ1) is 11.2. The van der Waals surface area contributed by atoms with E-state index in [1.807, 2.05) is 29.3 Å². The van der Waals surface area contributed by atoms with E-state index in [1.54, 1.807) is 0 Å². The number of anilines is 1. The van der Waals surface area contributed by atoms with Crippen LogP contribution in [0.5, 0.6) is 0 Å². The molecular formula is C18H30Cl2N4O3. The van der Waals surface area contributed by atoms with Gasteiger partial charge in [-0.05, 0) is 24.5 Å². The van der Waals surface area contributed by atoms with Crippen LogP contribution in [0.25, 0.3) is 0 Å². The summed E-state index contributed by atoms with van der Waals surface area (Å²) in [5.41, 5.74) is 8.89. The third-order valence-corrected chi connectivity index (χ3v) is 4.58. The number of para-hydroxylation sites is 1. The number of carbonyl (C=O) groups is 1. The summed E-state index contributed by atoms with van der Waals surface area (Å²) < 4.78 is 0. The Morgan fingerprint density at radius 3 is 2.48 bits per heavy atom. The Bertz CT molecular complexity index is 711. The van der Waals surface area contributed by atoms with Crippen LogP contribution in [0.3, 0.4) is 0 Å². The zero-order chi connectivity index (χ0) is 16.4. The Hall–Kier alpha value is -1.64. The van der Waals surface area contributed by atoms with Crippen LogP contribution in [0.15, 0.2) is 30.5 Å². The minimum Gasteiger partial charge on any atom is -0.412 e. The van der Waals surface area contributed by atoms with Crippen LogP contribution in [0.4, 0.5) is 5.69 Å². The van der Waals surface area contributed by atoms with E-state index in [0.29, 0.717) is 0 Å². The summed E-state index contributed by atoms with van der Waals surface area (Å²) in [7, 11) is 0. The van der Waals surface area contributed by atoms with Gasteiger partial charge in [0.25, 0.3) is 0 Å². The van der Waals surface area contributed by atoms with Crippen molar-refractivity contribution < 1.29 is 15.7 Å². The molecule has 7 N–H and O–H groups in total. The molecule has 9 heteroatoms. The lowest BCUT2D eigenvalue weighted by atomic mass is 9.92. The quantitative estimate of drug-likeness (QED) is 0.764. The van der Waals surface area contributed by atoms with Gasteiger partial charge in [-0.15, -0.1) is 24.8 Å². The fourth-order valence-corrected chi connectivity index (χ4v) is 3.58. The summed E-state index contributed by atoms with van der Waals surface area (Å²) in [6.45, 7) is 4.30. The average Bonchev–Trinajstić information content (AvgIpc) is 3.16. The van der Waals surface area contributed by atoms with Crippen LogP contribution in [0.2, 0.25) is 0 Å². The number of nitrogens with one attached hydrogen (secondary N) is 1. The second-order valence-corrected chi connectivity index (χ2v) is 6.01. The SMILES string of the molecule is CCCc1c[nH]c(C2C(CC)c3ccccc3N2C(=O)CN)n1.Cl.Cl.O.O. The van der Waals surface area contributed by atoms with E-state index < -0.39 is 0 Å². The van der Waals surface area contributed by atoms with Crippen molar-refractivity contribution >= 4 is 36.4 Å². The number of rotatable bonds is 5. The molecule has 0 spiro atoms. The summed E-state index contributed by atoms with van der Waals surface area (Å²) in [5.74, 6) is 1.03. The number of amides is 1. The van der Waals surface area contributed by atoms with Gasteiger partial charge in [-0.25, -0.2) is 4.98 Å². The molecule has 0 aliphatic carbocycles. The van der Waals surface area contributed by atoms with Crippen molar-refractivity contribution in [2.24, 2.45) is 5.73 Å². The van der Waals surface area contributed by atoms with Crippen molar-refractivity contribution in [1.82, 2.24) is 9.97 Å². The molecule has 3 rings (SSSR count). The first-order valence-corrected chi connectivity index (χ1v) is 8.36. The molecule has 2 unspecified atom stereocenters. The number of aromatic nitrogens is 2. The van der Waals surface area contributed by atoms with E-state index in [9.17, 15) is 4.79 Å². The number of aromatic amines is 1. The number of imidazole rings is 1. The predicted octanol–water partition coefficient (Wildman–Crippen LogP) is 2.10. The normalized spacial score (nSPS) is 16.9. The van der Waals surface area contributed by atoms with Gasteiger partial charge >= 0.3 is 0 Å². The van der Waals surface area contributed by atoms with Crippen molar-refractivity contribution in [1.29, 1.82) is 0 Å². The summed E-state index contributed by atoms with van der Waals surface area (Å²) in [6.07, 6.45) is 4.90. The molecule has 2 heterocycles. The number of nitrogens with two attached hydrogens (primary N) is 1. The highest BCUT2D eigenvalue weighted by molar-refractivity contribution is 5.98. The van der Waals surface area contributed by atoms with Gasteiger partial charge in [0.2, 0.25) is 5.91 Å². The Morgan fingerprint density at radius 1 is 1.22 bits per heavy atom. The smallest absolute Gasteiger partial charge is 0.241 e. The van der Waals surface area contributed by atoms with E-state index in [4.69, 9.17) is 10.7 Å². The van der Waals surface area contributed by atoms with E-state index in [0.717, 1.165) is 36.5 Å². The number of hydrogen-bond donors (Lipinski definition) is 2. The molecule has 0 fully saturated rings. The average molecular weight is 421 g/mol. The number of fused-ring (bicyclic) bond motifs is 1. The molecule has 1 aliphatic rings. The minimum absolute atomic E-state index is 0.